The third kappa shape index (κ3) is 3.44. The number of thiol groups is 3. The van der Waals surface area contributed by atoms with Crippen molar-refractivity contribution < 1.29 is 0 Å². The molecule has 0 radical (unpaired) electrons. The number of halogens is 2. The number of hydrogen-bond donors (Lipinski definition) is 4. The fourth-order valence-corrected chi connectivity index (χ4v) is 1.64. The minimum atomic E-state index is -0.933. The van der Waals surface area contributed by atoms with Gasteiger partial charge in [-0.25, -0.2) is 0 Å². The molecule has 0 spiro atoms. The molecule has 0 aliphatic rings. The predicted molar refractivity (Wildman–Crippen MR) is 60.4 cm³/mol. The molecule has 9 heteroatoms. The molecule has 0 amide bonds. The maximum absolute atomic E-state index is 5.50. The molecular weight excluding hydrogens is 259 g/mol. The van der Waals surface area contributed by atoms with Crippen molar-refractivity contribution in [3.63, 3.8) is 0 Å². The van der Waals surface area contributed by atoms with Gasteiger partial charge in [0.2, 0.25) is 16.5 Å². The Morgan fingerprint density at radius 1 is 1.08 bits per heavy atom. The van der Waals surface area contributed by atoms with Crippen LogP contribution < -0.4 is 4.72 Å². The van der Waals surface area contributed by atoms with E-state index in [-0.39, 0.29) is 16.5 Å². The Hall–Kier alpha value is 0.440. The van der Waals surface area contributed by atoms with Crippen LogP contribution in [0.4, 0.5) is 5.95 Å². The first-order valence-corrected chi connectivity index (χ1v) is 7.00. The summed E-state index contributed by atoms with van der Waals surface area (Å²) in [6.45, 7) is 0. The minimum Gasteiger partial charge on any atom is -0.302 e. The second-order valence-corrected chi connectivity index (χ2v) is 6.42. The maximum atomic E-state index is 5.50. The van der Waals surface area contributed by atoms with Gasteiger partial charge in [0.05, 0.1) is 0 Å². The Labute approximate surface area is 91.6 Å². The SMILES string of the molecule is S[SH](S)Nc1nc(Cl)nc(Cl)n1. The van der Waals surface area contributed by atoms with E-state index in [9.17, 15) is 0 Å². The molecule has 4 nitrogen and oxygen atoms in total. The van der Waals surface area contributed by atoms with E-state index in [0.29, 0.717) is 0 Å². The van der Waals surface area contributed by atoms with Crippen LogP contribution in [0.3, 0.4) is 0 Å². The highest BCUT2D eigenvalue weighted by Crippen LogP contribution is 2.34. The molecule has 0 atom stereocenters. The predicted octanol–water partition coefficient (Wildman–Crippen LogP) is 2.20. The van der Waals surface area contributed by atoms with Gasteiger partial charge in [0.15, 0.2) is 0 Å². The first-order chi connectivity index (χ1) is 5.58. The third-order valence-corrected chi connectivity index (χ3v) is 2.12. The van der Waals surface area contributed by atoms with Crippen molar-refractivity contribution in [1.29, 1.82) is 0 Å². The Kier molecular flexibility index (Phi) is 4.04. The van der Waals surface area contributed by atoms with Crippen molar-refractivity contribution in [3.05, 3.63) is 10.6 Å². The number of aromatic nitrogens is 3. The number of hydrogen-bond acceptors (Lipinski definition) is 6. The number of nitrogens with zero attached hydrogens (tertiary/aromatic N) is 3. The van der Waals surface area contributed by atoms with E-state index in [1.165, 1.54) is 0 Å². The van der Waals surface area contributed by atoms with Crippen LogP contribution in [-0.4, -0.2) is 15.0 Å². The topological polar surface area (TPSA) is 50.7 Å². The van der Waals surface area contributed by atoms with Crippen molar-refractivity contribution in [1.82, 2.24) is 15.0 Å². The standard InChI is InChI=1S/C3H4Cl2N4S3/c4-1-6-2(5)8-3(7-1)9-12(10)11/h10-12H,(H,6,7,8,9). The summed E-state index contributed by atoms with van der Waals surface area (Å²) in [4.78, 5) is 11.0. The second kappa shape index (κ2) is 4.61. The molecule has 1 heterocycles. The van der Waals surface area contributed by atoms with Gasteiger partial charge in [-0.1, -0.05) is 9.15 Å². The molecule has 0 aliphatic heterocycles. The number of nitrogens with one attached hydrogen (secondary N) is 1. The summed E-state index contributed by atoms with van der Waals surface area (Å²) >= 11 is 19.0. The van der Waals surface area contributed by atoms with E-state index in [0.717, 1.165) is 0 Å². The molecule has 0 unspecified atom stereocenters. The average molecular weight is 263 g/mol. The van der Waals surface area contributed by atoms with Crippen molar-refractivity contribution in [2.45, 2.75) is 0 Å². The number of rotatable bonds is 2. The van der Waals surface area contributed by atoms with Gasteiger partial charge < -0.3 is 4.72 Å². The lowest BCUT2D eigenvalue weighted by molar-refractivity contribution is 1.06. The molecule has 0 saturated carbocycles. The van der Waals surface area contributed by atoms with Gasteiger partial charge in [-0.05, 0) is 23.2 Å². The van der Waals surface area contributed by atoms with E-state index in [1.807, 2.05) is 0 Å². The zero-order chi connectivity index (χ0) is 9.14. The summed E-state index contributed by atoms with van der Waals surface area (Å²) in [5.74, 6) is 0.274. The van der Waals surface area contributed by atoms with E-state index in [1.54, 1.807) is 0 Å². The fraction of sp³-hybridized carbons (Fsp3) is 0. The smallest absolute Gasteiger partial charge is 0.238 e. The molecular formula is C3H4Cl2N4S3. The van der Waals surface area contributed by atoms with Gasteiger partial charge in [0.25, 0.3) is 0 Å². The van der Waals surface area contributed by atoms with Gasteiger partial charge >= 0.3 is 0 Å². The largest absolute Gasteiger partial charge is 0.302 e. The van der Waals surface area contributed by atoms with Crippen molar-refractivity contribution in [3.8, 4) is 0 Å². The quantitative estimate of drug-likeness (QED) is 0.488. The zero-order valence-electron chi connectivity index (χ0n) is 5.44. The lowest BCUT2D eigenvalue weighted by Gasteiger charge is -2.08. The van der Waals surface area contributed by atoms with Crippen LogP contribution in [0, 0.1) is 0 Å². The van der Waals surface area contributed by atoms with Gasteiger partial charge in [-0.2, -0.15) is 15.0 Å². The van der Waals surface area contributed by atoms with Crippen LogP contribution in [0.25, 0.3) is 0 Å². The maximum Gasteiger partial charge on any atom is 0.238 e. The summed E-state index contributed by atoms with van der Waals surface area (Å²) < 4.78 is 2.75. The van der Waals surface area contributed by atoms with Crippen molar-refractivity contribution >= 4 is 61.6 Å². The molecule has 0 aliphatic carbocycles. The van der Waals surface area contributed by atoms with Gasteiger partial charge in [-0.15, -0.1) is 23.3 Å². The Morgan fingerprint density at radius 2 is 1.58 bits per heavy atom. The highest BCUT2D eigenvalue weighted by atomic mass is 35.5. The Balaban J connectivity index is 2.85. The summed E-state index contributed by atoms with van der Waals surface area (Å²) in [7, 11) is -0.933. The van der Waals surface area contributed by atoms with E-state index < -0.39 is 9.15 Å². The fourth-order valence-electron chi connectivity index (χ4n) is 0.465. The monoisotopic (exact) mass is 262 g/mol. The summed E-state index contributed by atoms with van der Waals surface area (Å²) in [5, 5.41) is 0.0760. The van der Waals surface area contributed by atoms with Crippen LogP contribution in [0.2, 0.25) is 10.6 Å². The van der Waals surface area contributed by atoms with Crippen LogP contribution in [-0.2, 0) is 0 Å². The third-order valence-electron chi connectivity index (χ3n) is 0.781. The van der Waals surface area contributed by atoms with Gasteiger partial charge in [0.1, 0.15) is 0 Å². The zero-order valence-corrected chi connectivity index (χ0v) is 9.63. The van der Waals surface area contributed by atoms with Crippen LogP contribution >= 0.6 is 55.7 Å². The lowest BCUT2D eigenvalue weighted by atomic mass is 11.0. The van der Waals surface area contributed by atoms with Crippen molar-refractivity contribution in [2.75, 3.05) is 4.72 Å². The van der Waals surface area contributed by atoms with Crippen LogP contribution in [0.1, 0.15) is 0 Å². The molecule has 0 bridgehead atoms. The van der Waals surface area contributed by atoms with E-state index in [4.69, 9.17) is 23.2 Å². The molecule has 1 aromatic rings. The molecule has 1 aromatic heterocycles. The summed E-state index contributed by atoms with van der Waals surface area (Å²) in [5.41, 5.74) is 0. The van der Waals surface area contributed by atoms with Gasteiger partial charge in [0, 0.05) is 0 Å². The summed E-state index contributed by atoms with van der Waals surface area (Å²) in [6, 6.07) is 0. The first kappa shape index (κ1) is 10.5. The molecule has 1 N–H and O–H groups in total. The van der Waals surface area contributed by atoms with Crippen LogP contribution in [0.15, 0.2) is 0 Å². The lowest BCUT2D eigenvalue weighted by Crippen LogP contribution is -1.97. The first-order valence-electron chi connectivity index (χ1n) is 2.59. The second-order valence-electron chi connectivity index (χ2n) is 1.60. The Morgan fingerprint density at radius 3 is 2.00 bits per heavy atom. The molecule has 12 heavy (non-hydrogen) atoms. The van der Waals surface area contributed by atoms with Crippen molar-refractivity contribution in [2.24, 2.45) is 0 Å². The van der Waals surface area contributed by atoms with Gasteiger partial charge in [-0.3, -0.25) is 0 Å². The Bertz CT molecular complexity index is 262. The number of anilines is 1. The molecule has 0 aromatic carbocycles. The molecule has 1 rings (SSSR count). The molecule has 0 saturated heterocycles. The highest BCUT2D eigenvalue weighted by molar-refractivity contribution is 9.09. The van der Waals surface area contributed by atoms with E-state index in [2.05, 4.69) is 43.0 Å². The van der Waals surface area contributed by atoms with E-state index >= 15 is 0 Å². The minimum absolute atomic E-state index is 0.0380. The molecule has 0 fully saturated rings. The average Bonchev–Trinajstić information content (AvgIpc) is 1.81. The normalized spacial score (nSPS) is 11.2. The van der Waals surface area contributed by atoms with Crippen LogP contribution in [0.5, 0.6) is 0 Å². The highest BCUT2D eigenvalue weighted by Gasteiger charge is 2.02. The molecule has 68 valence electrons. The summed E-state index contributed by atoms with van der Waals surface area (Å²) in [6.07, 6.45) is 0.